The Morgan fingerprint density at radius 1 is 1.03 bits per heavy atom. The molecule has 7 nitrogen and oxygen atoms in total. The van der Waals surface area contributed by atoms with Crippen molar-refractivity contribution < 1.29 is 34.0 Å². The minimum Gasteiger partial charge on any atom is -0.456 e. The highest BCUT2D eigenvalue weighted by molar-refractivity contribution is 5.82. The van der Waals surface area contributed by atoms with E-state index in [1.54, 1.807) is 6.08 Å². The summed E-state index contributed by atoms with van der Waals surface area (Å²) in [5, 5.41) is 21.7. The van der Waals surface area contributed by atoms with E-state index in [1.807, 2.05) is 18.2 Å². The Hall–Kier alpha value is -2.03. The van der Waals surface area contributed by atoms with E-state index in [0.717, 1.165) is 31.3 Å². The average molecular weight is 515 g/mol. The van der Waals surface area contributed by atoms with Crippen molar-refractivity contribution in [1.29, 1.82) is 0 Å². The maximum atomic E-state index is 12.7. The Morgan fingerprint density at radius 2 is 1.86 bits per heavy atom. The summed E-state index contributed by atoms with van der Waals surface area (Å²) in [5.41, 5.74) is 2.15. The van der Waals surface area contributed by atoms with Crippen molar-refractivity contribution in [3.8, 4) is 0 Å². The summed E-state index contributed by atoms with van der Waals surface area (Å²) in [6.07, 6.45) is 13.7. The van der Waals surface area contributed by atoms with Gasteiger partial charge < -0.3 is 29.2 Å². The van der Waals surface area contributed by atoms with Crippen molar-refractivity contribution in [2.45, 2.75) is 108 Å². The molecule has 4 heterocycles. The number of aliphatic hydroxyl groups is 2. The lowest BCUT2D eigenvalue weighted by Gasteiger charge is -2.28. The summed E-state index contributed by atoms with van der Waals surface area (Å²) < 4.78 is 23.9. The SMILES string of the molecule is C=C1CC(C)CC2CC=CC(C/C=C\C(=O)O[C@@H]3CC(O[C@@H]3/C=C/C3CC(C)=CCO3)[C@H](O)C(O)C1)O2. The molecule has 0 radical (unpaired) electrons. The molecule has 0 amide bonds. The van der Waals surface area contributed by atoms with Crippen LogP contribution in [0.5, 0.6) is 0 Å². The number of rotatable bonds is 2. The van der Waals surface area contributed by atoms with E-state index in [9.17, 15) is 15.0 Å². The maximum absolute atomic E-state index is 12.7. The van der Waals surface area contributed by atoms with Crippen molar-refractivity contribution in [2.75, 3.05) is 6.61 Å². The fraction of sp³-hybridized carbons (Fsp3) is 0.633. The normalized spacial score (nSPS) is 41.1. The molecule has 4 aliphatic heterocycles. The molecule has 7 heteroatoms. The monoisotopic (exact) mass is 514 g/mol. The number of aliphatic hydroxyl groups excluding tert-OH is 2. The zero-order chi connectivity index (χ0) is 26.4. The molecule has 0 aromatic carbocycles. The molecule has 9 atom stereocenters. The molecule has 37 heavy (non-hydrogen) atoms. The predicted molar refractivity (Wildman–Crippen MR) is 141 cm³/mol. The van der Waals surface area contributed by atoms with Crippen LogP contribution in [0.4, 0.5) is 0 Å². The van der Waals surface area contributed by atoms with Gasteiger partial charge in [-0.25, -0.2) is 4.79 Å². The van der Waals surface area contributed by atoms with Gasteiger partial charge in [0.05, 0.1) is 37.1 Å². The summed E-state index contributed by atoms with van der Waals surface area (Å²) >= 11 is 0. The quantitative estimate of drug-likeness (QED) is 0.423. The van der Waals surface area contributed by atoms with E-state index >= 15 is 0 Å². The van der Waals surface area contributed by atoms with Crippen molar-refractivity contribution >= 4 is 5.97 Å². The van der Waals surface area contributed by atoms with E-state index in [2.05, 4.69) is 32.6 Å². The lowest BCUT2D eigenvalue weighted by Crippen LogP contribution is -2.37. The summed E-state index contributed by atoms with van der Waals surface area (Å²) in [7, 11) is 0. The molecule has 0 aromatic rings. The third-order valence-corrected chi connectivity index (χ3v) is 7.53. The van der Waals surface area contributed by atoms with Crippen LogP contribution in [-0.4, -0.2) is 71.6 Å². The van der Waals surface area contributed by atoms with Crippen molar-refractivity contribution in [3.63, 3.8) is 0 Å². The first kappa shape index (κ1) is 28.0. The molecule has 1 saturated heterocycles. The molecule has 4 aliphatic rings. The molecule has 0 saturated carbocycles. The van der Waals surface area contributed by atoms with Crippen LogP contribution in [0.25, 0.3) is 0 Å². The maximum Gasteiger partial charge on any atom is 0.330 e. The van der Waals surface area contributed by atoms with Gasteiger partial charge in [-0.1, -0.05) is 61.1 Å². The lowest BCUT2D eigenvalue weighted by atomic mass is 9.90. The number of carbonyl (C=O) groups is 1. The number of esters is 1. The van der Waals surface area contributed by atoms with E-state index in [4.69, 9.17) is 18.9 Å². The molecule has 1 fully saturated rings. The number of hydrogen-bond acceptors (Lipinski definition) is 7. The van der Waals surface area contributed by atoms with Gasteiger partial charge in [0.2, 0.25) is 0 Å². The minimum atomic E-state index is -1.12. The summed E-state index contributed by atoms with van der Waals surface area (Å²) in [6, 6.07) is 0. The van der Waals surface area contributed by atoms with Crippen LogP contribution in [0.2, 0.25) is 0 Å². The second-order valence-corrected chi connectivity index (χ2v) is 11.0. The van der Waals surface area contributed by atoms with Gasteiger partial charge in [0, 0.05) is 12.5 Å². The van der Waals surface area contributed by atoms with Gasteiger partial charge in [0.1, 0.15) is 18.3 Å². The van der Waals surface area contributed by atoms with E-state index in [-0.39, 0.29) is 31.2 Å². The van der Waals surface area contributed by atoms with Gasteiger partial charge in [-0.2, -0.15) is 0 Å². The Labute approximate surface area is 220 Å². The van der Waals surface area contributed by atoms with E-state index < -0.39 is 36.5 Å². The predicted octanol–water partition coefficient (Wildman–Crippen LogP) is 4.11. The fourth-order valence-electron chi connectivity index (χ4n) is 5.62. The van der Waals surface area contributed by atoms with Crippen LogP contribution in [0.3, 0.4) is 0 Å². The number of hydrogen-bond donors (Lipinski definition) is 2. The molecular weight excluding hydrogens is 472 g/mol. The van der Waals surface area contributed by atoms with Gasteiger partial charge in [0.25, 0.3) is 0 Å². The van der Waals surface area contributed by atoms with Gasteiger partial charge in [-0.3, -0.25) is 0 Å². The van der Waals surface area contributed by atoms with Crippen molar-refractivity contribution in [1.82, 2.24) is 0 Å². The van der Waals surface area contributed by atoms with Crippen LogP contribution >= 0.6 is 0 Å². The lowest BCUT2D eigenvalue weighted by molar-refractivity contribution is -0.144. The van der Waals surface area contributed by atoms with Crippen LogP contribution < -0.4 is 0 Å². The third kappa shape index (κ3) is 8.23. The Bertz CT molecular complexity index is 919. The van der Waals surface area contributed by atoms with Crippen LogP contribution in [-0.2, 0) is 23.7 Å². The van der Waals surface area contributed by atoms with Crippen LogP contribution in [0.15, 0.2) is 60.3 Å². The third-order valence-electron chi connectivity index (χ3n) is 7.53. The largest absolute Gasteiger partial charge is 0.456 e. The average Bonchev–Trinajstić information content (AvgIpc) is 3.24. The standard InChI is InChI=1S/C30H42O7/c1-19-12-13-34-23(15-19)10-11-26-27-18-28(36-26)30(33)25(31)17-21(3)14-20(2)16-24-8-4-6-22(35-24)7-5-9-29(32)37-27/h4-6,9-12,20,22-28,30-31,33H,3,7-8,13-18H2,1-2H3/b9-5-,11-10+/t20?,22?,23?,24?,25?,26-,27-,28?,30-/m1/s1. The zero-order valence-corrected chi connectivity index (χ0v) is 22.0. The Kier molecular flexibility index (Phi) is 9.96. The molecule has 2 N–H and O–H groups in total. The van der Waals surface area contributed by atoms with Gasteiger partial charge in [-0.05, 0) is 51.4 Å². The Morgan fingerprint density at radius 3 is 2.68 bits per heavy atom. The van der Waals surface area contributed by atoms with Crippen molar-refractivity contribution in [3.05, 3.63) is 60.3 Å². The second kappa shape index (κ2) is 13.2. The van der Waals surface area contributed by atoms with E-state index in [0.29, 0.717) is 18.9 Å². The van der Waals surface area contributed by atoms with Crippen LogP contribution in [0, 0.1) is 5.92 Å². The fourth-order valence-corrected chi connectivity index (χ4v) is 5.62. The topological polar surface area (TPSA) is 94.5 Å². The number of ether oxygens (including phenoxy) is 4. The highest BCUT2D eigenvalue weighted by Crippen LogP contribution is 2.31. The van der Waals surface area contributed by atoms with Gasteiger partial charge in [-0.15, -0.1) is 0 Å². The van der Waals surface area contributed by atoms with Crippen molar-refractivity contribution in [2.24, 2.45) is 5.92 Å². The minimum absolute atomic E-state index is 0.0723. The molecule has 204 valence electrons. The molecule has 0 aliphatic carbocycles. The molecular formula is C30H42O7. The van der Waals surface area contributed by atoms with E-state index in [1.165, 1.54) is 11.6 Å². The highest BCUT2D eigenvalue weighted by atomic mass is 16.6. The zero-order valence-electron chi connectivity index (χ0n) is 22.0. The summed E-state index contributed by atoms with van der Waals surface area (Å²) in [6.45, 7) is 8.95. The van der Waals surface area contributed by atoms with Crippen LogP contribution in [0.1, 0.15) is 58.8 Å². The van der Waals surface area contributed by atoms with Gasteiger partial charge in [0.15, 0.2) is 0 Å². The molecule has 4 bridgehead atoms. The molecule has 0 aromatic heterocycles. The molecule has 0 spiro atoms. The first-order valence-electron chi connectivity index (χ1n) is 13.6. The molecule has 4 rings (SSSR count). The first-order valence-corrected chi connectivity index (χ1v) is 13.6. The number of fused-ring (bicyclic) bond motifs is 4. The highest BCUT2D eigenvalue weighted by Gasteiger charge is 2.42. The second-order valence-electron chi connectivity index (χ2n) is 11.0. The smallest absolute Gasteiger partial charge is 0.330 e. The van der Waals surface area contributed by atoms with Gasteiger partial charge >= 0.3 is 5.97 Å². The number of carbonyl (C=O) groups excluding carboxylic acids is 1. The first-order chi connectivity index (χ1) is 17.8. The molecule has 6 unspecified atom stereocenters. The Balaban J connectivity index is 1.49. The summed E-state index contributed by atoms with van der Waals surface area (Å²) in [5.74, 6) is -0.129. The summed E-state index contributed by atoms with van der Waals surface area (Å²) in [4.78, 5) is 12.7.